The zero-order chi connectivity index (χ0) is 22.5. The van der Waals surface area contributed by atoms with E-state index in [4.69, 9.17) is 4.74 Å². The number of anilines is 1. The van der Waals surface area contributed by atoms with Gasteiger partial charge in [-0.15, -0.1) is 0 Å². The van der Waals surface area contributed by atoms with E-state index in [0.717, 1.165) is 39.8 Å². The van der Waals surface area contributed by atoms with E-state index in [2.05, 4.69) is 75.8 Å². The molecule has 0 fully saturated rings. The Balaban J connectivity index is 1.39. The third-order valence-electron chi connectivity index (χ3n) is 5.81. The van der Waals surface area contributed by atoms with Gasteiger partial charge >= 0.3 is 0 Å². The quantitative estimate of drug-likeness (QED) is 0.277. The highest BCUT2D eigenvalue weighted by Crippen LogP contribution is 2.36. The van der Waals surface area contributed by atoms with Crippen LogP contribution < -0.4 is 10.1 Å². The molecule has 5 rings (SSSR count). The molecule has 0 bridgehead atoms. The Morgan fingerprint density at radius 3 is 2.75 bits per heavy atom. The number of nitrogens with zero attached hydrogens (tertiary/aromatic N) is 4. The average molecular weight is 541 g/mol. The van der Waals surface area contributed by atoms with Gasteiger partial charge in [0.1, 0.15) is 12.4 Å². The molecule has 0 atom stereocenters. The highest BCUT2D eigenvalue weighted by atomic mass is 127. The molecule has 0 aliphatic carbocycles. The molecule has 0 radical (unpaired) electrons. The molecule has 0 saturated carbocycles. The fourth-order valence-corrected chi connectivity index (χ4v) is 4.61. The number of aromatic nitrogens is 4. The first-order valence-corrected chi connectivity index (χ1v) is 11.6. The van der Waals surface area contributed by atoms with E-state index in [1.54, 1.807) is 6.07 Å². The number of ether oxygens (including phenoxy) is 1. The van der Waals surface area contributed by atoms with Crippen LogP contribution in [0, 0.1) is 10.8 Å². The number of halogens is 1. The van der Waals surface area contributed by atoms with Crippen molar-refractivity contribution in [1.82, 2.24) is 19.5 Å². The number of nitrogens with one attached hydrogen (secondary N) is 1. The van der Waals surface area contributed by atoms with Crippen LogP contribution in [-0.2, 0) is 12.0 Å². The van der Waals surface area contributed by atoms with Crippen molar-refractivity contribution in [3.63, 3.8) is 0 Å². The zero-order valence-corrected chi connectivity index (χ0v) is 20.3. The molecule has 2 N–H and O–H groups in total. The minimum atomic E-state index is -0.198. The molecule has 1 aliphatic rings. The molecule has 0 unspecified atom stereocenters. The van der Waals surface area contributed by atoms with Crippen LogP contribution in [0.5, 0.6) is 11.8 Å². The normalized spacial score (nSPS) is 14.4. The summed E-state index contributed by atoms with van der Waals surface area (Å²) in [6, 6.07) is 14.5. The molecular formula is C24H24IN5O2. The minimum absolute atomic E-state index is 0.198. The fourth-order valence-electron chi connectivity index (χ4n) is 4.14. The number of aromatic hydroxyl groups is 1. The monoisotopic (exact) mass is 541 g/mol. The molecule has 3 heterocycles. The van der Waals surface area contributed by atoms with Crippen LogP contribution >= 0.6 is 22.6 Å². The Morgan fingerprint density at radius 2 is 1.94 bits per heavy atom. The van der Waals surface area contributed by atoms with Gasteiger partial charge < -0.3 is 15.2 Å². The summed E-state index contributed by atoms with van der Waals surface area (Å²) in [5.74, 6) is 0.997. The lowest BCUT2D eigenvalue weighted by molar-refractivity contribution is 0.268. The second-order valence-corrected chi connectivity index (χ2v) is 9.65. The maximum Gasteiger partial charge on any atom is 0.299 e. The number of benzene rings is 2. The average Bonchev–Trinajstić information content (AvgIpc) is 3.27. The molecule has 0 amide bonds. The Bertz CT molecular complexity index is 1330. The summed E-state index contributed by atoms with van der Waals surface area (Å²) in [7, 11) is 0. The van der Waals surface area contributed by atoms with Crippen molar-refractivity contribution in [3.8, 4) is 22.9 Å². The first-order chi connectivity index (χ1) is 15.3. The van der Waals surface area contributed by atoms with Crippen molar-refractivity contribution in [2.45, 2.75) is 32.7 Å². The van der Waals surface area contributed by atoms with Gasteiger partial charge in [0.2, 0.25) is 0 Å². The summed E-state index contributed by atoms with van der Waals surface area (Å²) in [6.07, 6.45) is 0.775. The van der Waals surface area contributed by atoms with E-state index in [9.17, 15) is 5.11 Å². The fraction of sp³-hybridized carbons (Fsp3) is 0.292. The Morgan fingerprint density at radius 1 is 1.12 bits per heavy atom. The summed E-state index contributed by atoms with van der Waals surface area (Å²) in [5, 5.41) is 13.8. The first-order valence-electron chi connectivity index (χ1n) is 10.5. The number of imidazole rings is 1. The Kier molecular flexibility index (Phi) is 5.19. The molecule has 2 aromatic carbocycles. The van der Waals surface area contributed by atoms with Crippen LogP contribution in [0.2, 0.25) is 0 Å². The zero-order valence-electron chi connectivity index (χ0n) is 18.2. The second-order valence-electron chi connectivity index (χ2n) is 8.69. The van der Waals surface area contributed by atoms with E-state index in [-0.39, 0.29) is 5.54 Å². The van der Waals surface area contributed by atoms with Crippen LogP contribution in [0.4, 0.5) is 5.82 Å². The number of hydrogen-bond donors (Lipinski definition) is 2. The lowest BCUT2D eigenvalue weighted by Crippen LogP contribution is -2.26. The minimum Gasteiger partial charge on any atom is -0.507 e. The van der Waals surface area contributed by atoms with Gasteiger partial charge in [0.05, 0.1) is 5.54 Å². The number of hydrogen-bond acceptors (Lipinski definition) is 6. The third-order valence-corrected chi connectivity index (χ3v) is 6.29. The molecule has 0 saturated heterocycles. The van der Waals surface area contributed by atoms with Gasteiger partial charge in [-0.25, -0.2) is 9.97 Å². The van der Waals surface area contributed by atoms with Crippen molar-refractivity contribution in [2.24, 2.45) is 0 Å². The predicted molar refractivity (Wildman–Crippen MR) is 133 cm³/mol. The van der Waals surface area contributed by atoms with Crippen LogP contribution in [0.15, 0.2) is 42.5 Å². The number of aryl methyl sites for hydroxylation is 1. The highest BCUT2D eigenvalue weighted by Gasteiger charge is 2.36. The topological polar surface area (TPSA) is 85.1 Å². The molecule has 2 aromatic heterocycles. The van der Waals surface area contributed by atoms with Gasteiger partial charge in [-0.2, -0.15) is 4.98 Å². The third kappa shape index (κ3) is 3.66. The van der Waals surface area contributed by atoms with E-state index < -0.39 is 0 Å². The second kappa shape index (κ2) is 7.91. The first kappa shape index (κ1) is 21.0. The largest absolute Gasteiger partial charge is 0.507 e. The van der Waals surface area contributed by atoms with Gasteiger partial charge in [-0.3, -0.25) is 4.57 Å². The summed E-state index contributed by atoms with van der Waals surface area (Å²) in [5.41, 5.74) is 5.47. The molecular weight excluding hydrogens is 517 g/mol. The smallest absolute Gasteiger partial charge is 0.299 e. The van der Waals surface area contributed by atoms with Crippen molar-refractivity contribution in [2.75, 3.05) is 18.5 Å². The van der Waals surface area contributed by atoms with E-state index in [1.807, 2.05) is 28.8 Å². The van der Waals surface area contributed by atoms with E-state index in [0.29, 0.717) is 34.6 Å². The molecule has 32 heavy (non-hydrogen) atoms. The molecule has 8 heteroatoms. The molecule has 1 aliphatic heterocycles. The van der Waals surface area contributed by atoms with E-state index in [1.165, 1.54) is 0 Å². The molecule has 164 valence electrons. The number of phenols is 1. The lowest BCUT2D eigenvalue weighted by Gasteiger charge is -2.18. The number of fused-ring (bicyclic) bond motifs is 3. The lowest BCUT2D eigenvalue weighted by atomic mass is 9.97. The number of phenolic OH excluding ortho intramolecular Hbond substituents is 1. The van der Waals surface area contributed by atoms with Gasteiger partial charge in [0.25, 0.3) is 6.01 Å². The van der Waals surface area contributed by atoms with E-state index >= 15 is 0 Å². The Labute approximate surface area is 200 Å². The molecule has 0 spiro atoms. The summed E-state index contributed by atoms with van der Waals surface area (Å²) < 4.78 is 8.48. The SMILES string of the molecule is Cc1ccccc1-c1cc(CCNc2nc(I)nc3c2nc2n3C(C)(C)CO2)ccc1O. The van der Waals surface area contributed by atoms with Gasteiger partial charge in [-0.05, 0) is 56.0 Å². The van der Waals surface area contributed by atoms with Crippen LogP contribution in [0.25, 0.3) is 22.3 Å². The summed E-state index contributed by atoms with van der Waals surface area (Å²) >= 11 is 2.14. The molecule has 4 aromatic rings. The van der Waals surface area contributed by atoms with Crippen LogP contribution in [0.3, 0.4) is 0 Å². The summed E-state index contributed by atoms with van der Waals surface area (Å²) in [6.45, 7) is 7.54. The predicted octanol–water partition coefficient (Wildman–Crippen LogP) is 4.89. The van der Waals surface area contributed by atoms with Crippen molar-refractivity contribution in [3.05, 3.63) is 57.4 Å². The van der Waals surface area contributed by atoms with Gasteiger partial charge in [0, 0.05) is 34.7 Å². The maximum absolute atomic E-state index is 10.4. The Hall–Kier alpha value is -2.88. The maximum atomic E-state index is 10.4. The van der Waals surface area contributed by atoms with Crippen LogP contribution in [-0.4, -0.2) is 37.8 Å². The standard InChI is InChI=1S/C24H24IN5O2/c1-14-6-4-5-7-16(14)17-12-15(8-9-18(17)31)10-11-26-20-19-21(29-22(25)28-20)30-23(27-19)32-13-24(30,2)3/h4-9,12,31H,10-11,13H2,1-3H3,(H,26,28,29). The van der Waals surface area contributed by atoms with Crippen molar-refractivity contribution >= 4 is 39.6 Å². The molecule has 7 nitrogen and oxygen atoms in total. The van der Waals surface area contributed by atoms with Crippen molar-refractivity contribution in [1.29, 1.82) is 0 Å². The summed E-state index contributed by atoms with van der Waals surface area (Å²) in [4.78, 5) is 13.8. The highest BCUT2D eigenvalue weighted by molar-refractivity contribution is 14.1. The van der Waals surface area contributed by atoms with Gasteiger partial charge in [-0.1, -0.05) is 30.3 Å². The number of rotatable bonds is 5. The van der Waals surface area contributed by atoms with Gasteiger partial charge in [0.15, 0.2) is 20.8 Å². The van der Waals surface area contributed by atoms with Crippen molar-refractivity contribution < 1.29 is 9.84 Å². The van der Waals surface area contributed by atoms with Crippen LogP contribution in [0.1, 0.15) is 25.0 Å².